The van der Waals surface area contributed by atoms with E-state index in [1.165, 1.54) is 37.9 Å². The predicted molar refractivity (Wildman–Crippen MR) is 54.1 cm³/mol. The Balaban J connectivity index is 1.91. The number of rotatable bonds is 0. The predicted octanol–water partition coefficient (Wildman–Crippen LogP) is 3.69. The fourth-order valence-electron chi connectivity index (χ4n) is 1.63. The normalized spacial score (nSPS) is 22.8. The Morgan fingerprint density at radius 1 is 1.00 bits per heavy atom. The van der Waals surface area contributed by atoms with E-state index in [4.69, 9.17) is 4.74 Å². The van der Waals surface area contributed by atoms with Gasteiger partial charge in [-0.1, -0.05) is 31.1 Å². The van der Waals surface area contributed by atoms with Crippen LogP contribution in [-0.4, -0.2) is 0 Å². The first-order valence-electron chi connectivity index (χ1n) is 5.21. The molecule has 1 heterocycles. The summed E-state index contributed by atoms with van der Waals surface area (Å²) < 4.78 is 5.34. The van der Waals surface area contributed by atoms with Gasteiger partial charge in [0.15, 0.2) is 5.76 Å². The highest BCUT2D eigenvalue weighted by atomic mass is 16.6. The summed E-state index contributed by atoms with van der Waals surface area (Å²) in [5.74, 6) is 2.32. The number of hydrogen-bond acceptors (Lipinski definition) is 1. The first-order valence-corrected chi connectivity index (χ1v) is 5.21. The SMILES string of the molecule is C1=CCCCCCCC2=C(C=C1)O2. The highest BCUT2D eigenvalue weighted by Gasteiger charge is 2.20. The number of ether oxygens (including phenoxy) is 1. The summed E-state index contributed by atoms with van der Waals surface area (Å²) in [7, 11) is 0. The van der Waals surface area contributed by atoms with Gasteiger partial charge in [0.05, 0.1) is 0 Å². The van der Waals surface area contributed by atoms with Gasteiger partial charge >= 0.3 is 0 Å². The zero-order valence-corrected chi connectivity index (χ0v) is 7.96. The van der Waals surface area contributed by atoms with Gasteiger partial charge in [0.1, 0.15) is 5.76 Å². The summed E-state index contributed by atoms with van der Waals surface area (Å²) >= 11 is 0. The van der Waals surface area contributed by atoms with Crippen molar-refractivity contribution in [3.8, 4) is 0 Å². The molecule has 0 spiro atoms. The Bertz CT molecular complexity index is 258. The lowest BCUT2D eigenvalue weighted by Gasteiger charge is -1.95. The molecule has 0 N–H and O–H groups in total. The van der Waals surface area contributed by atoms with Crippen LogP contribution in [0.3, 0.4) is 0 Å². The van der Waals surface area contributed by atoms with Crippen molar-refractivity contribution in [3.05, 3.63) is 35.8 Å². The standard InChI is InChI=1S/C12H16O/c1-2-4-6-8-10-12-11(13-12)9-7-5-3-1/h3,5,7,9H,1-2,4,6,8,10H2. The van der Waals surface area contributed by atoms with Crippen molar-refractivity contribution in [2.45, 2.75) is 38.5 Å². The van der Waals surface area contributed by atoms with Gasteiger partial charge in [-0.25, -0.2) is 0 Å². The van der Waals surface area contributed by atoms with Gasteiger partial charge in [-0.15, -0.1) is 0 Å². The summed E-state index contributed by atoms with van der Waals surface area (Å²) in [5, 5.41) is 0. The fraction of sp³-hybridized carbons (Fsp3) is 0.500. The lowest BCUT2D eigenvalue weighted by atomic mass is 10.1. The summed E-state index contributed by atoms with van der Waals surface area (Å²) in [6.45, 7) is 0. The molecule has 1 aliphatic heterocycles. The molecule has 0 bridgehead atoms. The molecule has 2 aliphatic rings. The van der Waals surface area contributed by atoms with Crippen LogP contribution in [0.5, 0.6) is 0 Å². The second-order valence-corrected chi connectivity index (χ2v) is 3.63. The van der Waals surface area contributed by atoms with Gasteiger partial charge in [0.25, 0.3) is 0 Å². The average Bonchev–Trinajstić information content (AvgIpc) is 2.83. The Morgan fingerprint density at radius 3 is 2.92 bits per heavy atom. The van der Waals surface area contributed by atoms with E-state index in [0.29, 0.717) is 0 Å². The topological polar surface area (TPSA) is 12.5 Å². The van der Waals surface area contributed by atoms with Crippen LogP contribution in [0.15, 0.2) is 35.8 Å². The summed E-state index contributed by atoms with van der Waals surface area (Å²) in [6.07, 6.45) is 16.2. The van der Waals surface area contributed by atoms with Crippen LogP contribution in [-0.2, 0) is 4.74 Å². The number of hydrogen-bond donors (Lipinski definition) is 0. The van der Waals surface area contributed by atoms with E-state index in [0.717, 1.165) is 12.2 Å². The van der Waals surface area contributed by atoms with Gasteiger partial charge in [0.2, 0.25) is 0 Å². The second kappa shape index (κ2) is 4.31. The van der Waals surface area contributed by atoms with E-state index in [1.54, 1.807) is 0 Å². The van der Waals surface area contributed by atoms with E-state index in [-0.39, 0.29) is 0 Å². The zero-order chi connectivity index (χ0) is 8.93. The molecule has 0 radical (unpaired) electrons. The van der Waals surface area contributed by atoms with Gasteiger partial charge < -0.3 is 4.74 Å². The molecule has 0 unspecified atom stereocenters. The van der Waals surface area contributed by atoms with E-state index >= 15 is 0 Å². The van der Waals surface area contributed by atoms with Crippen LogP contribution in [0, 0.1) is 0 Å². The minimum atomic E-state index is 1.10. The monoisotopic (exact) mass is 176 g/mol. The van der Waals surface area contributed by atoms with Crippen molar-refractivity contribution in [3.63, 3.8) is 0 Å². The average molecular weight is 176 g/mol. The maximum atomic E-state index is 5.34. The molecule has 0 saturated carbocycles. The molecule has 1 nitrogen and oxygen atoms in total. The molecule has 13 heavy (non-hydrogen) atoms. The summed E-state index contributed by atoms with van der Waals surface area (Å²) in [6, 6.07) is 0. The lowest BCUT2D eigenvalue weighted by molar-refractivity contribution is 0.455. The molecule has 2 rings (SSSR count). The Labute approximate surface area is 79.8 Å². The first kappa shape index (κ1) is 8.61. The molecule has 0 fully saturated rings. The van der Waals surface area contributed by atoms with E-state index in [1.807, 2.05) is 0 Å². The van der Waals surface area contributed by atoms with Crippen LogP contribution >= 0.6 is 0 Å². The summed E-state index contributed by atoms with van der Waals surface area (Å²) in [4.78, 5) is 0. The third-order valence-corrected chi connectivity index (χ3v) is 2.49. The van der Waals surface area contributed by atoms with Crippen molar-refractivity contribution >= 4 is 0 Å². The third kappa shape index (κ3) is 2.76. The van der Waals surface area contributed by atoms with Crippen LogP contribution < -0.4 is 0 Å². The maximum Gasteiger partial charge on any atom is 0.165 e. The van der Waals surface area contributed by atoms with E-state index in [2.05, 4.69) is 24.3 Å². The highest BCUT2D eigenvalue weighted by Crippen LogP contribution is 2.32. The molecule has 0 amide bonds. The largest absolute Gasteiger partial charge is 0.454 e. The Morgan fingerprint density at radius 2 is 1.92 bits per heavy atom. The fourth-order valence-corrected chi connectivity index (χ4v) is 1.63. The summed E-state index contributed by atoms with van der Waals surface area (Å²) in [5.41, 5.74) is 0. The molecule has 1 aliphatic carbocycles. The van der Waals surface area contributed by atoms with Gasteiger partial charge in [-0.05, 0) is 25.3 Å². The highest BCUT2D eigenvalue weighted by molar-refractivity contribution is 5.30. The zero-order valence-electron chi connectivity index (χ0n) is 7.96. The van der Waals surface area contributed by atoms with Gasteiger partial charge in [-0.3, -0.25) is 0 Å². The van der Waals surface area contributed by atoms with Crippen LogP contribution in [0.2, 0.25) is 0 Å². The molecule has 70 valence electrons. The Kier molecular flexibility index (Phi) is 2.86. The van der Waals surface area contributed by atoms with E-state index in [9.17, 15) is 0 Å². The minimum absolute atomic E-state index is 1.10. The molecule has 0 aromatic carbocycles. The van der Waals surface area contributed by atoms with Crippen LogP contribution in [0.25, 0.3) is 0 Å². The molecule has 0 saturated heterocycles. The molecular formula is C12H16O. The van der Waals surface area contributed by atoms with Crippen molar-refractivity contribution in [1.29, 1.82) is 0 Å². The lowest BCUT2D eigenvalue weighted by Crippen LogP contribution is -1.77. The molecule has 0 aromatic heterocycles. The van der Waals surface area contributed by atoms with Crippen LogP contribution in [0.4, 0.5) is 0 Å². The second-order valence-electron chi connectivity index (χ2n) is 3.63. The maximum absolute atomic E-state index is 5.34. The third-order valence-electron chi connectivity index (χ3n) is 2.49. The van der Waals surface area contributed by atoms with E-state index < -0.39 is 0 Å². The smallest absolute Gasteiger partial charge is 0.165 e. The van der Waals surface area contributed by atoms with Crippen molar-refractivity contribution in [1.82, 2.24) is 0 Å². The molecular weight excluding hydrogens is 160 g/mol. The van der Waals surface area contributed by atoms with Crippen LogP contribution in [0.1, 0.15) is 38.5 Å². The minimum Gasteiger partial charge on any atom is -0.454 e. The molecule has 0 atom stereocenters. The van der Waals surface area contributed by atoms with Crippen molar-refractivity contribution in [2.75, 3.05) is 0 Å². The van der Waals surface area contributed by atoms with Crippen molar-refractivity contribution in [2.24, 2.45) is 0 Å². The quantitative estimate of drug-likeness (QED) is 0.548. The Hall–Kier alpha value is -0.980. The molecule has 1 heteroatoms. The first-order chi connectivity index (χ1) is 6.47. The molecule has 0 aromatic rings. The number of allylic oxidation sites excluding steroid dienone is 5. The van der Waals surface area contributed by atoms with Crippen molar-refractivity contribution < 1.29 is 4.74 Å². The van der Waals surface area contributed by atoms with Gasteiger partial charge in [-0.2, -0.15) is 0 Å². The van der Waals surface area contributed by atoms with Gasteiger partial charge in [0, 0.05) is 6.42 Å².